The number of hydrogen-bond acceptors (Lipinski definition) is 3. The molecule has 0 unspecified atom stereocenters. The third kappa shape index (κ3) is 4.14. The molecule has 0 atom stereocenters. The second kappa shape index (κ2) is 8.38. The first-order valence-electron chi connectivity index (χ1n) is 9.91. The van der Waals surface area contributed by atoms with E-state index in [1.165, 1.54) is 50.1 Å². The molecule has 2 aromatic carbocycles. The van der Waals surface area contributed by atoms with Gasteiger partial charge in [0.15, 0.2) is 0 Å². The minimum atomic E-state index is -0.366. The summed E-state index contributed by atoms with van der Waals surface area (Å²) in [5, 5.41) is 3.51. The fraction of sp³-hybridized carbons (Fsp3) is 0.304. The van der Waals surface area contributed by atoms with Gasteiger partial charge in [0.2, 0.25) is 0 Å². The number of rotatable bonds is 3. The van der Waals surface area contributed by atoms with Crippen molar-refractivity contribution in [1.29, 1.82) is 0 Å². The third-order valence-corrected chi connectivity index (χ3v) is 5.27. The Hall–Kier alpha value is -2.95. The van der Waals surface area contributed by atoms with Gasteiger partial charge in [0, 0.05) is 29.7 Å². The Morgan fingerprint density at radius 3 is 2.43 bits per heavy atom. The molecule has 1 saturated heterocycles. The number of anilines is 2. The second-order valence-corrected chi connectivity index (χ2v) is 7.29. The average molecular weight is 377 g/mol. The highest BCUT2D eigenvalue weighted by Gasteiger charge is 2.12. The SMILES string of the molecule is O=C(Nc1cnc2c(F)cccc2c1)c1ccc(N2CCCCCCC2)cc1. The molecule has 144 valence electrons. The van der Waals surface area contributed by atoms with Crippen molar-refractivity contribution >= 4 is 28.2 Å². The number of para-hydroxylation sites is 1. The first-order chi connectivity index (χ1) is 13.7. The van der Waals surface area contributed by atoms with Crippen LogP contribution in [-0.2, 0) is 0 Å². The lowest BCUT2D eigenvalue weighted by Gasteiger charge is -2.27. The number of carbonyl (C=O) groups is 1. The fourth-order valence-corrected chi connectivity index (χ4v) is 3.72. The van der Waals surface area contributed by atoms with Crippen LogP contribution in [0.4, 0.5) is 15.8 Å². The minimum Gasteiger partial charge on any atom is -0.372 e. The van der Waals surface area contributed by atoms with E-state index in [1.54, 1.807) is 18.2 Å². The summed E-state index contributed by atoms with van der Waals surface area (Å²) in [4.78, 5) is 19.1. The van der Waals surface area contributed by atoms with Crippen LogP contribution in [0.15, 0.2) is 54.7 Å². The number of benzene rings is 2. The monoisotopic (exact) mass is 377 g/mol. The summed E-state index contributed by atoms with van der Waals surface area (Å²) in [6.07, 6.45) is 7.85. The zero-order valence-corrected chi connectivity index (χ0v) is 15.8. The molecule has 5 heteroatoms. The predicted molar refractivity (Wildman–Crippen MR) is 111 cm³/mol. The molecule has 4 rings (SSSR count). The molecule has 1 aliphatic heterocycles. The van der Waals surface area contributed by atoms with Crippen molar-refractivity contribution in [2.24, 2.45) is 0 Å². The van der Waals surface area contributed by atoms with Gasteiger partial charge in [0.25, 0.3) is 5.91 Å². The van der Waals surface area contributed by atoms with E-state index in [9.17, 15) is 9.18 Å². The molecule has 1 N–H and O–H groups in total. The van der Waals surface area contributed by atoms with Gasteiger partial charge >= 0.3 is 0 Å². The molecule has 0 spiro atoms. The number of fused-ring (bicyclic) bond motifs is 1. The molecular formula is C23H24FN3O. The van der Waals surface area contributed by atoms with E-state index in [1.807, 2.05) is 24.3 Å². The summed E-state index contributed by atoms with van der Waals surface area (Å²) in [7, 11) is 0. The third-order valence-electron chi connectivity index (χ3n) is 5.27. The summed E-state index contributed by atoms with van der Waals surface area (Å²) in [5.41, 5.74) is 2.62. The lowest BCUT2D eigenvalue weighted by molar-refractivity contribution is 0.102. The van der Waals surface area contributed by atoms with E-state index in [4.69, 9.17) is 0 Å². The van der Waals surface area contributed by atoms with E-state index < -0.39 is 0 Å². The van der Waals surface area contributed by atoms with Gasteiger partial charge in [-0.25, -0.2) is 4.39 Å². The standard InChI is InChI=1S/C23H24FN3O/c24-21-8-6-7-18-15-19(16-25-22(18)21)26-23(28)17-9-11-20(12-10-17)27-13-4-2-1-3-5-14-27/h6-12,15-16H,1-5,13-14H2,(H,26,28). The fourth-order valence-electron chi connectivity index (χ4n) is 3.72. The average Bonchev–Trinajstić information content (AvgIpc) is 2.68. The Morgan fingerprint density at radius 1 is 0.964 bits per heavy atom. The van der Waals surface area contributed by atoms with Crippen molar-refractivity contribution in [2.75, 3.05) is 23.3 Å². The lowest BCUT2D eigenvalue weighted by Crippen LogP contribution is -2.27. The molecule has 1 aromatic heterocycles. The Kier molecular flexibility index (Phi) is 5.51. The van der Waals surface area contributed by atoms with E-state index in [2.05, 4.69) is 15.2 Å². The van der Waals surface area contributed by atoms with Crippen LogP contribution in [0, 0.1) is 5.82 Å². The van der Waals surface area contributed by atoms with Gasteiger partial charge in [-0.3, -0.25) is 9.78 Å². The van der Waals surface area contributed by atoms with Crippen LogP contribution in [0.3, 0.4) is 0 Å². The van der Waals surface area contributed by atoms with Crippen LogP contribution in [0.5, 0.6) is 0 Å². The van der Waals surface area contributed by atoms with E-state index in [0.29, 0.717) is 22.2 Å². The summed E-state index contributed by atoms with van der Waals surface area (Å²) < 4.78 is 13.7. The normalized spacial score (nSPS) is 15.1. The molecule has 4 nitrogen and oxygen atoms in total. The van der Waals surface area contributed by atoms with Gasteiger partial charge in [-0.05, 0) is 49.2 Å². The molecule has 0 saturated carbocycles. The van der Waals surface area contributed by atoms with Crippen molar-refractivity contribution in [3.63, 3.8) is 0 Å². The Labute approximate surface area is 164 Å². The van der Waals surface area contributed by atoms with Crippen molar-refractivity contribution in [3.8, 4) is 0 Å². The molecule has 1 fully saturated rings. The number of carbonyl (C=O) groups excluding carboxylic acids is 1. The Balaban J connectivity index is 1.46. The number of halogens is 1. The highest BCUT2D eigenvalue weighted by molar-refractivity contribution is 6.05. The second-order valence-electron chi connectivity index (χ2n) is 7.29. The molecule has 28 heavy (non-hydrogen) atoms. The Bertz CT molecular complexity index is 963. The first-order valence-corrected chi connectivity index (χ1v) is 9.91. The lowest BCUT2D eigenvalue weighted by atomic mass is 10.1. The summed E-state index contributed by atoms with van der Waals surface area (Å²) in [6.45, 7) is 2.15. The molecular weight excluding hydrogens is 353 g/mol. The molecule has 0 radical (unpaired) electrons. The van der Waals surface area contributed by atoms with Crippen molar-refractivity contribution in [1.82, 2.24) is 4.98 Å². The zero-order valence-electron chi connectivity index (χ0n) is 15.8. The molecule has 0 aliphatic carbocycles. The number of pyridine rings is 1. The maximum absolute atomic E-state index is 13.7. The number of nitrogens with zero attached hydrogens (tertiary/aromatic N) is 2. The van der Waals surface area contributed by atoms with Crippen molar-refractivity contribution < 1.29 is 9.18 Å². The van der Waals surface area contributed by atoms with Gasteiger partial charge in [-0.1, -0.05) is 31.4 Å². The van der Waals surface area contributed by atoms with E-state index in [-0.39, 0.29) is 11.7 Å². The largest absolute Gasteiger partial charge is 0.372 e. The molecule has 1 amide bonds. The highest BCUT2D eigenvalue weighted by Crippen LogP contribution is 2.22. The minimum absolute atomic E-state index is 0.197. The number of nitrogens with one attached hydrogen (secondary N) is 1. The predicted octanol–water partition coefficient (Wildman–Crippen LogP) is 5.40. The molecule has 2 heterocycles. The van der Waals surface area contributed by atoms with Crippen LogP contribution < -0.4 is 10.2 Å². The quantitative estimate of drug-likeness (QED) is 0.665. The topological polar surface area (TPSA) is 45.2 Å². The maximum atomic E-state index is 13.7. The smallest absolute Gasteiger partial charge is 0.255 e. The Morgan fingerprint density at radius 2 is 1.68 bits per heavy atom. The number of amides is 1. The van der Waals surface area contributed by atoms with Crippen LogP contribution in [-0.4, -0.2) is 24.0 Å². The first kappa shape index (κ1) is 18.4. The summed E-state index contributed by atoms with van der Waals surface area (Å²) in [6, 6.07) is 14.3. The van der Waals surface area contributed by atoms with E-state index in [0.717, 1.165) is 13.1 Å². The van der Waals surface area contributed by atoms with Crippen LogP contribution >= 0.6 is 0 Å². The maximum Gasteiger partial charge on any atom is 0.255 e. The zero-order chi connectivity index (χ0) is 19.3. The van der Waals surface area contributed by atoms with Gasteiger partial charge in [-0.15, -0.1) is 0 Å². The van der Waals surface area contributed by atoms with E-state index >= 15 is 0 Å². The summed E-state index contributed by atoms with van der Waals surface area (Å²) in [5.74, 6) is -0.563. The van der Waals surface area contributed by atoms with Gasteiger partial charge in [0.1, 0.15) is 11.3 Å². The van der Waals surface area contributed by atoms with Crippen molar-refractivity contribution in [2.45, 2.75) is 32.1 Å². The number of aromatic nitrogens is 1. The van der Waals surface area contributed by atoms with Crippen LogP contribution in [0.25, 0.3) is 10.9 Å². The van der Waals surface area contributed by atoms with Gasteiger partial charge in [-0.2, -0.15) is 0 Å². The van der Waals surface area contributed by atoms with Crippen molar-refractivity contribution in [3.05, 3.63) is 66.1 Å². The molecule has 0 bridgehead atoms. The highest BCUT2D eigenvalue weighted by atomic mass is 19.1. The van der Waals surface area contributed by atoms with Crippen LogP contribution in [0.2, 0.25) is 0 Å². The number of hydrogen-bond donors (Lipinski definition) is 1. The molecule has 3 aromatic rings. The van der Waals surface area contributed by atoms with Gasteiger partial charge < -0.3 is 10.2 Å². The summed E-state index contributed by atoms with van der Waals surface area (Å²) >= 11 is 0. The molecule has 1 aliphatic rings. The van der Waals surface area contributed by atoms with Crippen LogP contribution in [0.1, 0.15) is 42.5 Å². The van der Waals surface area contributed by atoms with Gasteiger partial charge in [0.05, 0.1) is 11.9 Å².